The molecule has 1 heterocycles. The summed E-state index contributed by atoms with van der Waals surface area (Å²) >= 11 is 0. The second-order valence-electron chi connectivity index (χ2n) is 4.03. The van der Waals surface area contributed by atoms with Crippen molar-refractivity contribution in [1.82, 2.24) is 4.98 Å². The zero-order chi connectivity index (χ0) is 13.7. The van der Waals surface area contributed by atoms with Crippen molar-refractivity contribution in [2.24, 2.45) is 0 Å². The second kappa shape index (κ2) is 5.82. The van der Waals surface area contributed by atoms with Crippen molar-refractivity contribution in [3.8, 4) is 6.07 Å². The van der Waals surface area contributed by atoms with Gasteiger partial charge < -0.3 is 10.6 Å². The lowest BCUT2D eigenvalue weighted by Crippen LogP contribution is -2.33. The quantitative estimate of drug-likeness (QED) is 0.628. The van der Waals surface area contributed by atoms with Crippen LogP contribution in [0.4, 0.5) is 17.3 Å². The van der Waals surface area contributed by atoms with Crippen molar-refractivity contribution >= 4 is 17.3 Å². The molecule has 1 rings (SSSR count). The van der Waals surface area contributed by atoms with Gasteiger partial charge in [-0.1, -0.05) is 0 Å². The molecule has 2 N–H and O–H groups in total. The molecular formula is C11H15N5O2. The van der Waals surface area contributed by atoms with Gasteiger partial charge in [0.1, 0.15) is 5.82 Å². The van der Waals surface area contributed by atoms with Gasteiger partial charge >= 0.3 is 5.69 Å². The lowest BCUT2D eigenvalue weighted by Gasteiger charge is -2.26. The average Bonchev–Trinajstić information content (AvgIpc) is 2.28. The van der Waals surface area contributed by atoms with E-state index >= 15 is 0 Å². The number of nitrogens with two attached hydrogens (primary N) is 1. The van der Waals surface area contributed by atoms with Gasteiger partial charge in [-0.3, -0.25) is 10.1 Å². The molecule has 0 aromatic carbocycles. The summed E-state index contributed by atoms with van der Waals surface area (Å²) in [5.41, 5.74) is 5.47. The van der Waals surface area contributed by atoms with Gasteiger partial charge in [0.05, 0.1) is 17.4 Å². The first-order chi connectivity index (χ1) is 8.47. The molecule has 0 aliphatic carbocycles. The highest BCUT2D eigenvalue weighted by molar-refractivity contribution is 5.61. The summed E-state index contributed by atoms with van der Waals surface area (Å²) in [5.74, 6) is 0.434. The molecule has 0 unspecified atom stereocenters. The van der Waals surface area contributed by atoms with E-state index in [1.54, 1.807) is 4.90 Å². The molecule has 0 radical (unpaired) electrons. The second-order valence-corrected chi connectivity index (χ2v) is 4.03. The Morgan fingerprint density at radius 1 is 1.61 bits per heavy atom. The molecule has 0 saturated carbocycles. The van der Waals surface area contributed by atoms with Gasteiger partial charge in [-0.15, -0.1) is 0 Å². The van der Waals surface area contributed by atoms with Gasteiger partial charge in [0.2, 0.25) is 5.82 Å². The average molecular weight is 249 g/mol. The lowest BCUT2D eigenvalue weighted by atomic mass is 10.2. The van der Waals surface area contributed by atoms with Crippen molar-refractivity contribution in [1.29, 1.82) is 5.26 Å². The molecule has 0 aliphatic heterocycles. The highest BCUT2D eigenvalue weighted by Crippen LogP contribution is 2.28. The molecular weight excluding hydrogens is 234 g/mol. The number of rotatable bonds is 5. The Balaban J connectivity index is 3.21. The fraction of sp³-hybridized carbons (Fsp3) is 0.455. The van der Waals surface area contributed by atoms with Crippen LogP contribution in [0.15, 0.2) is 12.1 Å². The van der Waals surface area contributed by atoms with E-state index in [0.717, 1.165) is 0 Å². The van der Waals surface area contributed by atoms with Gasteiger partial charge in [0.25, 0.3) is 0 Å². The Morgan fingerprint density at radius 2 is 2.28 bits per heavy atom. The van der Waals surface area contributed by atoms with E-state index in [1.807, 2.05) is 19.9 Å². The maximum atomic E-state index is 11.0. The summed E-state index contributed by atoms with van der Waals surface area (Å²) in [6.45, 7) is 4.14. The molecule has 0 spiro atoms. The van der Waals surface area contributed by atoms with E-state index in [4.69, 9.17) is 11.0 Å². The SMILES string of the molecule is CC(C)N(CCC#N)c1nc(N)ccc1[N+](=O)[O-]. The highest BCUT2D eigenvalue weighted by Gasteiger charge is 2.23. The number of nitro groups is 1. The fourth-order valence-corrected chi connectivity index (χ4v) is 1.59. The Morgan fingerprint density at radius 3 is 2.78 bits per heavy atom. The predicted molar refractivity (Wildman–Crippen MR) is 68.0 cm³/mol. The number of hydrogen-bond acceptors (Lipinski definition) is 6. The normalized spacial score (nSPS) is 10.1. The number of nitrogens with zero attached hydrogens (tertiary/aromatic N) is 4. The Labute approximate surface area is 105 Å². The van der Waals surface area contributed by atoms with Gasteiger partial charge in [-0.05, 0) is 19.9 Å². The van der Waals surface area contributed by atoms with Crippen LogP contribution in [0, 0.1) is 21.4 Å². The van der Waals surface area contributed by atoms with Crippen LogP contribution in [0.25, 0.3) is 0 Å². The third-order valence-corrected chi connectivity index (χ3v) is 2.43. The number of anilines is 2. The number of nitriles is 1. The maximum absolute atomic E-state index is 11.0. The zero-order valence-corrected chi connectivity index (χ0v) is 10.3. The standard InChI is InChI=1S/C11H15N5O2/c1-8(2)15(7-3-6-12)11-9(16(17)18)4-5-10(13)14-11/h4-5,8H,3,7H2,1-2H3,(H2,13,14). The molecule has 0 amide bonds. The summed E-state index contributed by atoms with van der Waals surface area (Å²) < 4.78 is 0. The van der Waals surface area contributed by atoms with E-state index in [0.29, 0.717) is 6.54 Å². The van der Waals surface area contributed by atoms with Gasteiger partial charge in [-0.25, -0.2) is 4.98 Å². The van der Waals surface area contributed by atoms with Crippen molar-refractivity contribution in [3.63, 3.8) is 0 Å². The van der Waals surface area contributed by atoms with E-state index in [1.165, 1.54) is 12.1 Å². The lowest BCUT2D eigenvalue weighted by molar-refractivity contribution is -0.384. The molecule has 0 saturated heterocycles. The molecule has 18 heavy (non-hydrogen) atoms. The first kappa shape index (κ1) is 13.7. The van der Waals surface area contributed by atoms with Crippen molar-refractivity contribution < 1.29 is 4.92 Å². The predicted octanol–water partition coefficient (Wildman–Crippen LogP) is 1.70. The molecule has 0 atom stereocenters. The molecule has 0 fully saturated rings. The fourth-order valence-electron chi connectivity index (χ4n) is 1.59. The highest BCUT2D eigenvalue weighted by atomic mass is 16.6. The number of nitrogen functional groups attached to an aromatic ring is 1. The smallest absolute Gasteiger partial charge is 0.311 e. The Kier molecular flexibility index (Phi) is 4.43. The van der Waals surface area contributed by atoms with Gasteiger partial charge in [-0.2, -0.15) is 5.26 Å². The summed E-state index contributed by atoms with van der Waals surface area (Å²) in [5, 5.41) is 19.6. The van der Waals surface area contributed by atoms with Crippen LogP contribution >= 0.6 is 0 Å². The molecule has 0 aliphatic rings. The van der Waals surface area contributed by atoms with E-state index in [9.17, 15) is 10.1 Å². The molecule has 1 aromatic heterocycles. The first-order valence-electron chi connectivity index (χ1n) is 5.52. The minimum atomic E-state index is -0.497. The maximum Gasteiger partial charge on any atom is 0.311 e. The number of aromatic nitrogens is 1. The summed E-state index contributed by atoms with van der Waals surface area (Å²) in [6.07, 6.45) is 0.270. The van der Waals surface area contributed by atoms with Crippen LogP contribution in [-0.2, 0) is 0 Å². The molecule has 96 valence electrons. The first-order valence-corrected chi connectivity index (χ1v) is 5.52. The van der Waals surface area contributed by atoms with Gasteiger partial charge in [0, 0.05) is 18.7 Å². The molecule has 7 heteroatoms. The summed E-state index contributed by atoms with van der Waals surface area (Å²) in [4.78, 5) is 16.2. The largest absolute Gasteiger partial charge is 0.384 e. The van der Waals surface area contributed by atoms with Crippen LogP contribution in [0.5, 0.6) is 0 Å². The topological polar surface area (TPSA) is 109 Å². The molecule has 7 nitrogen and oxygen atoms in total. The third-order valence-electron chi connectivity index (χ3n) is 2.43. The molecule has 1 aromatic rings. The monoisotopic (exact) mass is 249 g/mol. The van der Waals surface area contributed by atoms with E-state index < -0.39 is 4.92 Å². The van der Waals surface area contributed by atoms with Crippen LogP contribution in [0.2, 0.25) is 0 Å². The van der Waals surface area contributed by atoms with Crippen molar-refractivity contribution in [3.05, 3.63) is 22.2 Å². The summed E-state index contributed by atoms with van der Waals surface area (Å²) in [6, 6.07) is 4.73. The number of hydrogen-bond donors (Lipinski definition) is 1. The van der Waals surface area contributed by atoms with E-state index in [-0.39, 0.29) is 29.8 Å². The van der Waals surface area contributed by atoms with Crippen molar-refractivity contribution in [2.75, 3.05) is 17.2 Å². The zero-order valence-electron chi connectivity index (χ0n) is 10.3. The Hall–Kier alpha value is -2.36. The van der Waals surface area contributed by atoms with E-state index in [2.05, 4.69) is 4.98 Å². The van der Waals surface area contributed by atoms with Crippen LogP contribution in [0.1, 0.15) is 20.3 Å². The van der Waals surface area contributed by atoms with Crippen LogP contribution in [-0.4, -0.2) is 22.5 Å². The summed E-state index contributed by atoms with van der Waals surface area (Å²) in [7, 11) is 0. The third kappa shape index (κ3) is 3.07. The number of pyridine rings is 1. The van der Waals surface area contributed by atoms with Gasteiger partial charge in [0.15, 0.2) is 0 Å². The molecule has 0 bridgehead atoms. The van der Waals surface area contributed by atoms with Crippen LogP contribution < -0.4 is 10.6 Å². The minimum Gasteiger partial charge on any atom is -0.384 e. The van der Waals surface area contributed by atoms with Crippen LogP contribution in [0.3, 0.4) is 0 Å². The minimum absolute atomic E-state index is 0.00801. The van der Waals surface area contributed by atoms with Crippen molar-refractivity contribution in [2.45, 2.75) is 26.3 Å². The Bertz CT molecular complexity index is 481.